The highest BCUT2D eigenvalue weighted by atomic mass is 79.9. The molecule has 0 saturated carbocycles. The van der Waals surface area contributed by atoms with Gasteiger partial charge in [0.1, 0.15) is 5.75 Å². The molecule has 0 N–H and O–H groups in total. The number of benzene rings is 1. The molecule has 0 heterocycles. The summed E-state index contributed by atoms with van der Waals surface area (Å²) in [5.41, 5.74) is 1.81. The van der Waals surface area contributed by atoms with E-state index in [9.17, 15) is 4.79 Å². The number of ether oxygens (including phenoxy) is 1. The van der Waals surface area contributed by atoms with Crippen molar-refractivity contribution >= 4 is 21.7 Å². The quantitative estimate of drug-likeness (QED) is 0.782. The number of carbonyl (C=O) groups is 1. The van der Waals surface area contributed by atoms with Crippen LogP contribution in [0.2, 0.25) is 0 Å². The second kappa shape index (κ2) is 5.31. The Morgan fingerprint density at radius 3 is 2.60 bits per heavy atom. The minimum Gasteiger partial charge on any atom is -0.495 e. The Balaban J connectivity index is 3.25. The summed E-state index contributed by atoms with van der Waals surface area (Å²) in [5.74, 6) is 0.914. The van der Waals surface area contributed by atoms with Crippen molar-refractivity contribution in [2.24, 2.45) is 0 Å². The normalized spacial score (nSPS) is 10.1. The minimum atomic E-state index is 0.0794. The molecular formula is C12H15BrO2. The van der Waals surface area contributed by atoms with Crippen LogP contribution in [0, 0.1) is 0 Å². The maximum absolute atomic E-state index is 11.3. The number of methoxy groups -OCH3 is 1. The van der Waals surface area contributed by atoms with Crippen molar-refractivity contribution in [3.63, 3.8) is 0 Å². The van der Waals surface area contributed by atoms with Gasteiger partial charge in [-0.05, 0) is 47.0 Å². The molecule has 0 radical (unpaired) electrons. The molecule has 1 rings (SSSR count). The third-order valence-corrected chi connectivity index (χ3v) is 2.84. The Kier molecular flexibility index (Phi) is 4.33. The molecule has 0 atom stereocenters. The summed E-state index contributed by atoms with van der Waals surface area (Å²) in [4.78, 5) is 11.3. The lowest BCUT2D eigenvalue weighted by molar-refractivity contribution is 0.101. The summed E-state index contributed by atoms with van der Waals surface area (Å²) < 4.78 is 6.15. The molecule has 1 aromatic rings. The van der Waals surface area contributed by atoms with Crippen LogP contribution in [0.25, 0.3) is 0 Å². The smallest absolute Gasteiger partial charge is 0.159 e. The van der Waals surface area contributed by atoms with Gasteiger partial charge in [-0.15, -0.1) is 0 Å². The average molecular weight is 271 g/mol. The highest BCUT2D eigenvalue weighted by molar-refractivity contribution is 9.10. The van der Waals surface area contributed by atoms with Crippen molar-refractivity contribution in [1.29, 1.82) is 0 Å². The van der Waals surface area contributed by atoms with Gasteiger partial charge in [0.15, 0.2) is 5.78 Å². The molecule has 0 fully saturated rings. The van der Waals surface area contributed by atoms with Crippen LogP contribution in [0.3, 0.4) is 0 Å². The molecule has 3 heteroatoms. The molecular weight excluding hydrogens is 256 g/mol. The zero-order chi connectivity index (χ0) is 11.4. The number of hydrogen-bond acceptors (Lipinski definition) is 2. The van der Waals surface area contributed by atoms with E-state index in [2.05, 4.69) is 22.9 Å². The first kappa shape index (κ1) is 12.2. The molecule has 0 aliphatic rings. The van der Waals surface area contributed by atoms with Crippen LogP contribution < -0.4 is 4.74 Å². The molecule has 0 unspecified atom stereocenters. The summed E-state index contributed by atoms with van der Waals surface area (Å²) >= 11 is 3.42. The first-order valence-electron chi connectivity index (χ1n) is 4.97. The number of aryl methyl sites for hydroxylation is 1. The van der Waals surface area contributed by atoms with Gasteiger partial charge < -0.3 is 4.74 Å². The zero-order valence-electron chi connectivity index (χ0n) is 9.26. The maximum atomic E-state index is 11.3. The number of hydrogen-bond donors (Lipinski definition) is 0. The molecule has 0 aliphatic carbocycles. The largest absolute Gasteiger partial charge is 0.495 e. The first-order valence-corrected chi connectivity index (χ1v) is 5.76. The maximum Gasteiger partial charge on any atom is 0.159 e. The standard InChI is InChI=1S/C12H15BrO2/c1-4-5-9-6-10(8(2)14)7-11(13)12(9)15-3/h6-7H,4-5H2,1-3H3. The van der Waals surface area contributed by atoms with Gasteiger partial charge in [-0.3, -0.25) is 4.79 Å². The molecule has 15 heavy (non-hydrogen) atoms. The fourth-order valence-corrected chi connectivity index (χ4v) is 2.20. The van der Waals surface area contributed by atoms with Gasteiger partial charge in [-0.25, -0.2) is 0 Å². The Morgan fingerprint density at radius 2 is 2.13 bits per heavy atom. The van der Waals surface area contributed by atoms with Crippen molar-refractivity contribution in [1.82, 2.24) is 0 Å². The Bertz CT molecular complexity index is 372. The van der Waals surface area contributed by atoms with Crippen LogP contribution in [-0.2, 0) is 6.42 Å². The monoisotopic (exact) mass is 270 g/mol. The van der Waals surface area contributed by atoms with E-state index < -0.39 is 0 Å². The third kappa shape index (κ3) is 2.81. The van der Waals surface area contributed by atoms with E-state index in [-0.39, 0.29) is 5.78 Å². The average Bonchev–Trinajstić information content (AvgIpc) is 2.17. The molecule has 0 aliphatic heterocycles. The molecule has 0 bridgehead atoms. The van der Waals surface area contributed by atoms with Crippen LogP contribution in [0.15, 0.2) is 16.6 Å². The summed E-state index contributed by atoms with van der Waals surface area (Å²) in [6.45, 7) is 3.68. The number of rotatable bonds is 4. The lowest BCUT2D eigenvalue weighted by Crippen LogP contribution is -1.99. The molecule has 1 aromatic carbocycles. The van der Waals surface area contributed by atoms with Gasteiger partial charge in [-0.2, -0.15) is 0 Å². The van der Waals surface area contributed by atoms with E-state index in [4.69, 9.17) is 4.74 Å². The van der Waals surface area contributed by atoms with Crippen molar-refractivity contribution in [2.45, 2.75) is 26.7 Å². The summed E-state index contributed by atoms with van der Waals surface area (Å²) in [7, 11) is 1.65. The van der Waals surface area contributed by atoms with Crippen LogP contribution in [-0.4, -0.2) is 12.9 Å². The Labute approximate surface area is 98.8 Å². The van der Waals surface area contributed by atoms with E-state index >= 15 is 0 Å². The van der Waals surface area contributed by atoms with Crippen molar-refractivity contribution in [3.8, 4) is 5.75 Å². The number of halogens is 1. The molecule has 0 aromatic heterocycles. The molecule has 0 amide bonds. The number of carbonyl (C=O) groups excluding carboxylic acids is 1. The molecule has 82 valence electrons. The van der Waals surface area contributed by atoms with Crippen molar-refractivity contribution < 1.29 is 9.53 Å². The van der Waals surface area contributed by atoms with Crippen molar-refractivity contribution in [3.05, 3.63) is 27.7 Å². The molecule has 0 spiro atoms. The fraction of sp³-hybridized carbons (Fsp3) is 0.417. The predicted molar refractivity (Wildman–Crippen MR) is 64.7 cm³/mol. The molecule has 2 nitrogen and oxygen atoms in total. The second-order valence-corrected chi connectivity index (χ2v) is 4.31. The van der Waals surface area contributed by atoms with E-state index in [1.165, 1.54) is 0 Å². The van der Waals surface area contributed by atoms with E-state index in [1.54, 1.807) is 20.1 Å². The minimum absolute atomic E-state index is 0.0794. The van der Waals surface area contributed by atoms with Gasteiger partial charge in [0.2, 0.25) is 0 Å². The highest BCUT2D eigenvalue weighted by Crippen LogP contribution is 2.31. The second-order valence-electron chi connectivity index (χ2n) is 3.46. The lowest BCUT2D eigenvalue weighted by atomic mass is 10.0. The van der Waals surface area contributed by atoms with Crippen molar-refractivity contribution in [2.75, 3.05) is 7.11 Å². The number of ketones is 1. The van der Waals surface area contributed by atoms with Crippen LogP contribution in [0.5, 0.6) is 5.75 Å². The third-order valence-electron chi connectivity index (χ3n) is 2.25. The van der Waals surface area contributed by atoms with Gasteiger partial charge in [0.25, 0.3) is 0 Å². The zero-order valence-corrected chi connectivity index (χ0v) is 10.8. The van der Waals surface area contributed by atoms with Gasteiger partial charge in [0, 0.05) is 5.56 Å². The predicted octanol–water partition coefficient (Wildman–Crippen LogP) is 3.61. The van der Waals surface area contributed by atoms with Crippen LogP contribution in [0.1, 0.15) is 36.2 Å². The van der Waals surface area contributed by atoms with Gasteiger partial charge >= 0.3 is 0 Å². The Hall–Kier alpha value is -0.830. The summed E-state index contributed by atoms with van der Waals surface area (Å²) in [6, 6.07) is 3.72. The number of Topliss-reactive ketones (excluding diaryl/α,β-unsaturated/α-hetero) is 1. The summed E-state index contributed by atoms with van der Waals surface area (Å²) in [5, 5.41) is 0. The Morgan fingerprint density at radius 1 is 1.47 bits per heavy atom. The SMILES string of the molecule is CCCc1cc(C(C)=O)cc(Br)c1OC. The lowest BCUT2D eigenvalue weighted by Gasteiger charge is -2.11. The first-order chi connectivity index (χ1) is 7.10. The fourth-order valence-electron chi connectivity index (χ4n) is 1.54. The van der Waals surface area contributed by atoms with E-state index in [1.807, 2.05) is 6.07 Å². The van der Waals surface area contributed by atoms with E-state index in [0.717, 1.165) is 34.2 Å². The highest BCUT2D eigenvalue weighted by Gasteiger charge is 2.11. The van der Waals surface area contributed by atoms with Crippen LogP contribution >= 0.6 is 15.9 Å². The topological polar surface area (TPSA) is 26.3 Å². The molecule has 0 saturated heterocycles. The summed E-state index contributed by atoms with van der Waals surface area (Å²) in [6.07, 6.45) is 1.95. The van der Waals surface area contributed by atoms with Crippen LogP contribution in [0.4, 0.5) is 0 Å². The van der Waals surface area contributed by atoms with Gasteiger partial charge in [0.05, 0.1) is 11.6 Å². The van der Waals surface area contributed by atoms with E-state index in [0.29, 0.717) is 0 Å². The van der Waals surface area contributed by atoms with Gasteiger partial charge in [-0.1, -0.05) is 13.3 Å².